The second-order valence-corrected chi connectivity index (χ2v) is 10.8. The van der Waals surface area contributed by atoms with Crippen LogP contribution in [-0.2, 0) is 6.61 Å². The third-order valence-corrected chi connectivity index (χ3v) is 7.86. The summed E-state index contributed by atoms with van der Waals surface area (Å²) in [5.41, 5.74) is 7.34. The molecule has 8 heteroatoms. The Morgan fingerprint density at radius 1 is 0.814 bits per heavy atom. The number of nitrogens with one attached hydrogen (secondary N) is 1. The molecule has 1 fully saturated rings. The van der Waals surface area contributed by atoms with Crippen LogP contribution in [0.25, 0.3) is 27.7 Å². The molecular formula is C35H33N7O. The predicted molar refractivity (Wildman–Crippen MR) is 172 cm³/mol. The summed E-state index contributed by atoms with van der Waals surface area (Å²) in [5, 5.41) is 8.70. The number of anilines is 3. The van der Waals surface area contributed by atoms with Gasteiger partial charge < -0.3 is 19.9 Å². The Hall–Kier alpha value is -5.21. The molecule has 4 aromatic carbocycles. The number of hydrogen-bond donors (Lipinski definition) is 1. The van der Waals surface area contributed by atoms with Crippen LogP contribution in [0.3, 0.4) is 0 Å². The van der Waals surface area contributed by atoms with E-state index in [1.807, 2.05) is 59.5 Å². The van der Waals surface area contributed by atoms with E-state index < -0.39 is 0 Å². The molecule has 0 spiro atoms. The van der Waals surface area contributed by atoms with E-state index in [0.717, 1.165) is 70.9 Å². The molecule has 8 nitrogen and oxygen atoms in total. The molecule has 1 N–H and O–H groups in total. The summed E-state index contributed by atoms with van der Waals surface area (Å²) < 4.78 is 7.92. The van der Waals surface area contributed by atoms with Crippen molar-refractivity contribution in [1.82, 2.24) is 24.6 Å². The van der Waals surface area contributed by atoms with Crippen LogP contribution in [-0.4, -0.2) is 57.9 Å². The molecule has 0 aliphatic carbocycles. The van der Waals surface area contributed by atoms with Crippen molar-refractivity contribution >= 4 is 28.2 Å². The minimum Gasteiger partial charge on any atom is -0.489 e. The molecule has 0 saturated carbocycles. The summed E-state index contributed by atoms with van der Waals surface area (Å²) >= 11 is 0. The third-order valence-electron chi connectivity index (χ3n) is 7.86. The Bertz CT molecular complexity index is 1810. The first kappa shape index (κ1) is 26.7. The molecule has 0 amide bonds. The van der Waals surface area contributed by atoms with Gasteiger partial charge in [0.15, 0.2) is 0 Å². The Kier molecular flexibility index (Phi) is 7.41. The molecule has 7 rings (SSSR count). The molecule has 3 heterocycles. The largest absolute Gasteiger partial charge is 0.489 e. The Morgan fingerprint density at radius 2 is 1.63 bits per heavy atom. The van der Waals surface area contributed by atoms with Crippen molar-refractivity contribution in [3.8, 4) is 22.6 Å². The fraction of sp³-hybridized carbons (Fsp3) is 0.171. The number of likely N-dealkylation sites (N-methyl/N-ethyl adjacent to an activating group) is 1. The normalized spacial score (nSPS) is 13.7. The highest BCUT2D eigenvalue weighted by Gasteiger charge is 2.15. The number of para-hydroxylation sites is 1. The summed E-state index contributed by atoms with van der Waals surface area (Å²) in [6, 6.07) is 33.0. The lowest BCUT2D eigenvalue weighted by atomic mass is 10.0. The molecule has 1 aliphatic rings. The number of nitrogens with zero attached hydrogens (tertiary/aromatic N) is 6. The van der Waals surface area contributed by atoms with E-state index in [1.54, 1.807) is 6.20 Å². The molecule has 43 heavy (non-hydrogen) atoms. The Morgan fingerprint density at radius 3 is 2.42 bits per heavy atom. The van der Waals surface area contributed by atoms with Crippen LogP contribution < -0.4 is 15.0 Å². The van der Waals surface area contributed by atoms with Crippen LogP contribution in [0.1, 0.15) is 5.56 Å². The fourth-order valence-corrected chi connectivity index (χ4v) is 5.39. The minimum atomic E-state index is 0.491. The van der Waals surface area contributed by atoms with Crippen molar-refractivity contribution in [1.29, 1.82) is 0 Å². The van der Waals surface area contributed by atoms with Crippen molar-refractivity contribution in [2.75, 3.05) is 43.4 Å². The van der Waals surface area contributed by atoms with Crippen molar-refractivity contribution in [3.63, 3.8) is 0 Å². The highest BCUT2D eigenvalue weighted by atomic mass is 16.5. The first-order chi connectivity index (χ1) is 21.2. The molecule has 214 valence electrons. The number of benzene rings is 4. The van der Waals surface area contributed by atoms with E-state index in [1.165, 1.54) is 5.69 Å². The summed E-state index contributed by atoms with van der Waals surface area (Å²) in [4.78, 5) is 14.3. The van der Waals surface area contributed by atoms with Crippen LogP contribution in [0.15, 0.2) is 116 Å². The van der Waals surface area contributed by atoms with Gasteiger partial charge in [0, 0.05) is 67.1 Å². The van der Waals surface area contributed by atoms with Gasteiger partial charge in [-0.05, 0) is 66.7 Å². The molecule has 1 saturated heterocycles. The number of hydrogen-bond acceptors (Lipinski definition) is 7. The third kappa shape index (κ3) is 6.05. The molecule has 0 unspecified atom stereocenters. The average Bonchev–Trinajstić information content (AvgIpc) is 3.60. The Balaban J connectivity index is 1.05. The smallest absolute Gasteiger partial charge is 0.227 e. The zero-order valence-corrected chi connectivity index (χ0v) is 24.1. The maximum atomic E-state index is 6.08. The van der Waals surface area contributed by atoms with E-state index in [4.69, 9.17) is 9.72 Å². The lowest BCUT2D eigenvalue weighted by molar-refractivity contribution is 0.306. The lowest BCUT2D eigenvalue weighted by Gasteiger charge is -2.34. The van der Waals surface area contributed by atoms with Crippen molar-refractivity contribution < 1.29 is 4.74 Å². The van der Waals surface area contributed by atoms with Crippen LogP contribution in [0, 0.1) is 0 Å². The lowest BCUT2D eigenvalue weighted by Crippen LogP contribution is -2.44. The van der Waals surface area contributed by atoms with Gasteiger partial charge in [-0.1, -0.05) is 48.5 Å². The van der Waals surface area contributed by atoms with Gasteiger partial charge in [-0.25, -0.2) is 14.6 Å². The van der Waals surface area contributed by atoms with Crippen LogP contribution in [0.5, 0.6) is 5.75 Å². The molecule has 0 radical (unpaired) electrons. The summed E-state index contributed by atoms with van der Waals surface area (Å²) in [5.74, 6) is 1.39. The number of piperazine rings is 1. The van der Waals surface area contributed by atoms with Gasteiger partial charge in [0.2, 0.25) is 5.95 Å². The molecular weight excluding hydrogens is 534 g/mol. The molecule has 0 bridgehead atoms. The maximum absolute atomic E-state index is 6.08. The predicted octanol–water partition coefficient (Wildman–Crippen LogP) is 6.56. The number of ether oxygens (including phenoxy) is 1. The molecule has 0 atom stereocenters. The maximum Gasteiger partial charge on any atom is 0.227 e. The van der Waals surface area contributed by atoms with Gasteiger partial charge in [-0.2, -0.15) is 5.10 Å². The zero-order chi connectivity index (χ0) is 29.0. The monoisotopic (exact) mass is 567 g/mol. The van der Waals surface area contributed by atoms with E-state index in [9.17, 15) is 0 Å². The van der Waals surface area contributed by atoms with Crippen LogP contribution in [0.4, 0.5) is 17.3 Å². The second-order valence-electron chi connectivity index (χ2n) is 10.8. The SMILES string of the molecule is CN1CCN(c2cccc(Nc3ncc4cccc(-c5ccc(OCc6ccc(-n7cccn7)cc6)cc5)c4n3)c2)CC1. The van der Waals surface area contributed by atoms with Crippen LogP contribution in [0.2, 0.25) is 0 Å². The zero-order valence-electron chi connectivity index (χ0n) is 24.1. The number of aromatic nitrogens is 4. The Labute approximate surface area is 251 Å². The molecule has 1 aliphatic heterocycles. The molecule has 6 aromatic rings. The van der Waals surface area contributed by atoms with Crippen molar-refractivity contribution in [2.24, 2.45) is 0 Å². The van der Waals surface area contributed by atoms with Crippen molar-refractivity contribution in [2.45, 2.75) is 6.61 Å². The van der Waals surface area contributed by atoms with E-state index in [0.29, 0.717) is 12.6 Å². The van der Waals surface area contributed by atoms with Gasteiger partial charge in [-0.3, -0.25) is 0 Å². The van der Waals surface area contributed by atoms with Gasteiger partial charge in [0.25, 0.3) is 0 Å². The van der Waals surface area contributed by atoms with Crippen molar-refractivity contribution in [3.05, 3.63) is 121 Å². The minimum absolute atomic E-state index is 0.491. The first-order valence-corrected chi connectivity index (χ1v) is 14.6. The van der Waals surface area contributed by atoms with E-state index in [-0.39, 0.29) is 0 Å². The average molecular weight is 568 g/mol. The standard InChI is InChI=1S/C35H33N7O/c1-40-19-21-41(22-20-40)31-7-3-6-29(23-31)38-35-36-24-28-5-2-8-33(34(28)39-35)27-11-15-32(16-12-27)43-25-26-9-13-30(14-10-26)42-18-4-17-37-42/h2-18,23-24H,19-22,25H2,1H3,(H,36,38,39). The van der Waals surface area contributed by atoms with Gasteiger partial charge in [0.1, 0.15) is 12.4 Å². The number of fused-ring (bicyclic) bond motifs is 1. The quantitative estimate of drug-likeness (QED) is 0.223. The van der Waals surface area contributed by atoms with Gasteiger partial charge >= 0.3 is 0 Å². The van der Waals surface area contributed by atoms with Crippen LogP contribution >= 0.6 is 0 Å². The second kappa shape index (κ2) is 12.0. The highest BCUT2D eigenvalue weighted by Crippen LogP contribution is 2.30. The number of rotatable bonds is 8. The first-order valence-electron chi connectivity index (χ1n) is 14.6. The summed E-state index contributed by atoms with van der Waals surface area (Å²) in [7, 11) is 2.17. The molecule has 2 aromatic heterocycles. The summed E-state index contributed by atoms with van der Waals surface area (Å²) in [6.07, 6.45) is 5.59. The van der Waals surface area contributed by atoms with Gasteiger partial charge in [-0.15, -0.1) is 0 Å². The fourth-order valence-electron chi connectivity index (χ4n) is 5.39. The van der Waals surface area contributed by atoms with Gasteiger partial charge in [0.05, 0.1) is 11.2 Å². The summed E-state index contributed by atoms with van der Waals surface area (Å²) in [6.45, 7) is 4.69. The topological polar surface area (TPSA) is 71.3 Å². The van der Waals surface area contributed by atoms with E-state index in [2.05, 4.69) is 86.8 Å². The van der Waals surface area contributed by atoms with E-state index >= 15 is 0 Å². The highest BCUT2D eigenvalue weighted by molar-refractivity contribution is 5.94.